The van der Waals surface area contributed by atoms with E-state index in [1.165, 1.54) is 32.6 Å². The first-order valence-corrected chi connectivity index (χ1v) is 14.4. The van der Waals surface area contributed by atoms with Gasteiger partial charge in [-0.2, -0.15) is 5.10 Å². The molecule has 0 radical (unpaired) electrons. The zero-order valence-electron chi connectivity index (χ0n) is 26.1. The van der Waals surface area contributed by atoms with E-state index in [4.69, 9.17) is 23.7 Å². The number of aliphatic hydroxyl groups excluding tert-OH is 1. The molecule has 1 aliphatic heterocycles. The molecule has 0 fully saturated rings. The Morgan fingerprint density at radius 2 is 1.85 bits per heavy atom. The molecule has 248 valence electrons. The smallest absolute Gasteiger partial charge is 0.337 e. The Hall–Kier alpha value is -5.83. The van der Waals surface area contributed by atoms with Gasteiger partial charge in [0.2, 0.25) is 0 Å². The van der Waals surface area contributed by atoms with Crippen molar-refractivity contribution in [3.05, 3.63) is 98.7 Å². The van der Waals surface area contributed by atoms with Gasteiger partial charge in [0.05, 0.1) is 43.6 Å². The van der Waals surface area contributed by atoms with E-state index < -0.39 is 29.2 Å². The molecule has 4 rings (SSSR count). The number of nitrogens with zero attached hydrogens (tertiary/aromatic N) is 2. The normalized spacial score (nSPS) is 14.9. The molecule has 0 saturated heterocycles. The van der Waals surface area contributed by atoms with Gasteiger partial charge >= 0.3 is 12.0 Å². The molecule has 0 bridgehead atoms. The standard InChI is InChI=1S/C32H35N5O10/c1-5-45-26-15-21(29-28(31(39)44-4)19(2)34-32(40)35-29)11-14-24(26)46-18-27(38)36-33-16-22-7-6-8-25(43-3)30(22)47-17-20-9-12-23(13-10-20)37(41)42/h6-16,27,29,36,38H,5,17-18H2,1-4H3,(H2,34,35,40)/b33-16+/t27-,29+/m1/s1. The van der Waals surface area contributed by atoms with Crippen molar-refractivity contribution in [1.82, 2.24) is 16.1 Å². The maximum atomic E-state index is 12.5. The molecule has 1 aliphatic rings. The second-order valence-electron chi connectivity index (χ2n) is 10.0. The van der Waals surface area contributed by atoms with Gasteiger partial charge in [0.1, 0.15) is 13.2 Å². The maximum absolute atomic E-state index is 12.5. The number of carbonyl (C=O) groups is 2. The number of methoxy groups -OCH3 is 2. The summed E-state index contributed by atoms with van der Waals surface area (Å²) in [6, 6.07) is 14.9. The summed E-state index contributed by atoms with van der Waals surface area (Å²) >= 11 is 0. The molecule has 0 aromatic heterocycles. The van der Waals surface area contributed by atoms with Gasteiger partial charge in [0.15, 0.2) is 29.2 Å². The highest BCUT2D eigenvalue weighted by molar-refractivity contribution is 5.95. The molecule has 1 heterocycles. The van der Waals surface area contributed by atoms with Crippen molar-refractivity contribution >= 4 is 23.9 Å². The van der Waals surface area contributed by atoms with E-state index in [1.54, 1.807) is 62.4 Å². The summed E-state index contributed by atoms with van der Waals surface area (Å²) in [4.78, 5) is 35.1. The van der Waals surface area contributed by atoms with Gasteiger partial charge in [-0.05, 0) is 61.4 Å². The number of para-hydroxylation sites is 1. The average molecular weight is 650 g/mol. The number of esters is 1. The number of urea groups is 1. The van der Waals surface area contributed by atoms with Crippen LogP contribution in [-0.4, -0.2) is 61.9 Å². The molecular weight excluding hydrogens is 614 g/mol. The molecule has 15 nitrogen and oxygen atoms in total. The van der Waals surface area contributed by atoms with Gasteiger partial charge < -0.3 is 39.4 Å². The highest BCUT2D eigenvalue weighted by atomic mass is 16.6. The van der Waals surface area contributed by atoms with Crippen molar-refractivity contribution in [1.29, 1.82) is 0 Å². The topological polar surface area (TPSA) is 192 Å². The van der Waals surface area contributed by atoms with Crippen molar-refractivity contribution in [3.63, 3.8) is 0 Å². The van der Waals surface area contributed by atoms with Crippen molar-refractivity contribution in [2.45, 2.75) is 32.7 Å². The number of carbonyl (C=O) groups excluding carboxylic acids is 2. The van der Waals surface area contributed by atoms with Crippen molar-refractivity contribution in [2.24, 2.45) is 5.10 Å². The second-order valence-corrected chi connectivity index (χ2v) is 10.0. The number of allylic oxidation sites excluding steroid dienone is 1. The number of nitro groups is 1. The van der Waals surface area contributed by atoms with Crippen molar-refractivity contribution < 1.29 is 43.3 Å². The number of ether oxygens (including phenoxy) is 5. The molecule has 3 aromatic carbocycles. The average Bonchev–Trinajstić information content (AvgIpc) is 3.06. The van der Waals surface area contributed by atoms with Gasteiger partial charge in [-0.25, -0.2) is 9.59 Å². The van der Waals surface area contributed by atoms with Crippen LogP contribution in [0.25, 0.3) is 0 Å². The molecule has 2 atom stereocenters. The van der Waals surface area contributed by atoms with E-state index >= 15 is 0 Å². The summed E-state index contributed by atoms with van der Waals surface area (Å²) in [5.74, 6) is 0.888. The van der Waals surface area contributed by atoms with Crippen molar-refractivity contribution in [3.8, 4) is 23.0 Å². The number of amides is 2. The SMILES string of the molecule is CCOc1cc([C@@H]2NC(=O)NC(C)=C2C(=O)OC)ccc1OC[C@@H](O)N/N=C/c1cccc(OC)c1OCc1ccc([N+](=O)[O-])cc1. The van der Waals surface area contributed by atoms with E-state index in [9.17, 15) is 24.8 Å². The van der Waals surface area contributed by atoms with Gasteiger partial charge in [-0.15, -0.1) is 0 Å². The number of nitro benzene ring substituents is 1. The largest absolute Gasteiger partial charge is 0.493 e. The lowest BCUT2D eigenvalue weighted by atomic mass is 9.95. The van der Waals surface area contributed by atoms with Gasteiger partial charge in [0, 0.05) is 23.4 Å². The minimum atomic E-state index is -1.23. The van der Waals surface area contributed by atoms with Crippen LogP contribution in [0.15, 0.2) is 77.0 Å². The lowest BCUT2D eigenvalue weighted by Gasteiger charge is -2.28. The molecule has 0 saturated carbocycles. The summed E-state index contributed by atoms with van der Waals surface area (Å²) in [6.45, 7) is 3.61. The second kappa shape index (κ2) is 15.9. The van der Waals surface area contributed by atoms with Gasteiger partial charge in [-0.3, -0.25) is 15.5 Å². The van der Waals surface area contributed by atoms with Crippen LogP contribution in [0.5, 0.6) is 23.0 Å². The van der Waals surface area contributed by atoms with E-state index in [2.05, 4.69) is 21.2 Å². The third-order valence-electron chi connectivity index (χ3n) is 6.86. The number of non-ortho nitro benzene ring substituents is 1. The third-order valence-corrected chi connectivity index (χ3v) is 6.86. The fourth-order valence-electron chi connectivity index (χ4n) is 4.63. The van der Waals surface area contributed by atoms with Crippen LogP contribution in [-0.2, 0) is 16.1 Å². The zero-order chi connectivity index (χ0) is 33.9. The number of hydrazone groups is 1. The molecule has 0 aliphatic carbocycles. The van der Waals surface area contributed by atoms with Crippen LogP contribution in [0.2, 0.25) is 0 Å². The minimum absolute atomic E-state index is 0.0208. The Kier molecular flexibility index (Phi) is 11.6. The Labute approximate surface area is 270 Å². The molecular formula is C32H35N5O10. The van der Waals surface area contributed by atoms with Gasteiger partial charge in [0.25, 0.3) is 5.69 Å². The lowest BCUT2D eigenvalue weighted by molar-refractivity contribution is -0.384. The van der Waals surface area contributed by atoms with Crippen molar-refractivity contribution in [2.75, 3.05) is 27.4 Å². The highest BCUT2D eigenvalue weighted by Crippen LogP contribution is 2.35. The monoisotopic (exact) mass is 649 g/mol. The molecule has 15 heteroatoms. The number of rotatable bonds is 15. The number of aliphatic hydroxyl groups is 1. The van der Waals surface area contributed by atoms with Crippen LogP contribution < -0.4 is 35.0 Å². The maximum Gasteiger partial charge on any atom is 0.337 e. The first-order chi connectivity index (χ1) is 22.6. The summed E-state index contributed by atoms with van der Waals surface area (Å²) in [7, 11) is 2.76. The predicted molar refractivity (Wildman–Crippen MR) is 169 cm³/mol. The number of hydrogen-bond donors (Lipinski definition) is 4. The molecule has 4 N–H and O–H groups in total. The van der Waals surface area contributed by atoms with E-state index in [0.29, 0.717) is 52.0 Å². The third kappa shape index (κ3) is 8.67. The van der Waals surface area contributed by atoms with Crippen LogP contribution >= 0.6 is 0 Å². The molecule has 0 spiro atoms. The van der Waals surface area contributed by atoms with Gasteiger partial charge in [-0.1, -0.05) is 12.1 Å². The first kappa shape index (κ1) is 34.1. The van der Waals surface area contributed by atoms with E-state index in [1.807, 2.05) is 0 Å². The van der Waals surface area contributed by atoms with Crippen LogP contribution in [0.1, 0.15) is 36.6 Å². The Morgan fingerprint density at radius 3 is 2.53 bits per heavy atom. The molecule has 0 unspecified atom stereocenters. The predicted octanol–water partition coefficient (Wildman–Crippen LogP) is 3.70. The lowest BCUT2D eigenvalue weighted by Crippen LogP contribution is -2.45. The molecule has 47 heavy (non-hydrogen) atoms. The van der Waals surface area contributed by atoms with Crippen LogP contribution in [0, 0.1) is 10.1 Å². The summed E-state index contributed by atoms with van der Waals surface area (Å²) in [5, 5.41) is 30.9. The van der Waals surface area contributed by atoms with Crippen LogP contribution in [0.3, 0.4) is 0 Å². The number of hydrogen-bond acceptors (Lipinski definition) is 12. The summed E-state index contributed by atoms with van der Waals surface area (Å²) in [6.07, 6.45) is 0.217. The Bertz CT molecular complexity index is 1660. The Balaban J connectivity index is 1.41. The fourth-order valence-corrected chi connectivity index (χ4v) is 4.63. The quantitative estimate of drug-likeness (QED) is 0.0617. The van der Waals surface area contributed by atoms with E-state index in [-0.39, 0.29) is 24.5 Å². The highest BCUT2D eigenvalue weighted by Gasteiger charge is 2.32. The first-order valence-electron chi connectivity index (χ1n) is 14.4. The Morgan fingerprint density at radius 1 is 1.09 bits per heavy atom. The molecule has 2 amide bonds. The van der Waals surface area contributed by atoms with Crippen LogP contribution in [0.4, 0.5) is 10.5 Å². The summed E-state index contributed by atoms with van der Waals surface area (Å²) in [5.41, 5.74) is 5.01. The fraction of sp³-hybridized carbons (Fsp3) is 0.281. The van der Waals surface area contributed by atoms with E-state index in [0.717, 1.165) is 0 Å². The zero-order valence-corrected chi connectivity index (χ0v) is 26.1. The minimum Gasteiger partial charge on any atom is -0.493 e. The summed E-state index contributed by atoms with van der Waals surface area (Å²) < 4.78 is 27.9. The molecule has 3 aromatic rings. The number of nitrogens with one attached hydrogen (secondary N) is 3. The number of benzene rings is 3.